The third-order valence-electron chi connectivity index (χ3n) is 3.46. The van der Waals surface area contributed by atoms with Gasteiger partial charge in [-0.25, -0.2) is 13.2 Å². The fourth-order valence-electron chi connectivity index (χ4n) is 2.24. The highest BCUT2D eigenvalue weighted by Crippen LogP contribution is 2.29. The Morgan fingerprint density at radius 2 is 2.05 bits per heavy atom. The highest BCUT2D eigenvalue weighted by atomic mass is 32.2. The van der Waals surface area contributed by atoms with E-state index in [2.05, 4.69) is 4.74 Å². The normalized spacial score (nSPS) is 23.1. The van der Waals surface area contributed by atoms with Gasteiger partial charge in [-0.3, -0.25) is 4.79 Å². The standard InChI is InChI=1S/C12H15NO7S/c1-7-5-13(6-8(7)11(14)15)21(17,18)10-4-3-9(20-10)12(16)19-2/h3-4,7-8H,5-6H2,1-2H3,(H,14,15)/t7-,8-/m1/s1. The molecule has 8 nitrogen and oxygen atoms in total. The lowest BCUT2D eigenvalue weighted by Crippen LogP contribution is -2.29. The van der Waals surface area contributed by atoms with Crippen LogP contribution in [-0.4, -0.2) is 50.0 Å². The minimum atomic E-state index is -3.96. The molecule has 0 unspecified atom stereocenters. The molecule has 0 radical (unpaired) electrons. The number of esters is 1. The number of carboxylic acids is 1. The molecule has 0 aromatic carbocycles. The Bertz CT molecular complexity index is 663. The van der Waals surface area contributed by atoms with Gasteiger partial charge in [0.05, 0.1) is 13.0 Å². The van der Waals surface area contributed by atoms with Gasteiger partial charge in [-0.15, -0.1) is 0 Å². The predicted octanol–water partition coefficient (Wildman–Crippen LogP) is 0.407. The molecule has 0 amide bonds. The zero-order valence-corrected chi connectivity index (χ0v) is 12.3. The topological polar surface area (TPSA) is 114 Å². The number of carbonyl (C=O) groups is 2. The van der Waals surface area contributed by atoms with Gasteiger partial charge in [0.15, 0.2) is 0 Å². The van der Waals surface area contributed by atoms with Crippen LogP contribution in [0.3, 0.4) is 0 Å². The van der Waals surface area contributed by atoms with Crippen molar-refractivity contribution in [1.82, 2.24) is 4.31 Å². The number of carboxylic acid groups (broad SMARTS) is 1. The molecule has 1 fully saturated rings. The number of sulfonamides is 1. The largest absolute Gasteiger partial charge is 0.481 e. The van der Waals surface area contributed by atoms with Crippen LogP contribution in [0.1, 0.15) is 17.5 Å². The Kier molecular flexibility index (Phi) is 4.06. The first kappa shape index (κ1) is 15.5. The molecule has 2 rings (SSSR count). The number of aliphatic carboxylic acids is 1. The van der Waals surface area contributed by atoms with Gasteiger partial charge < -0.3 is 14.3 Å². The minimum absolute atomic E-state index is 0.0908. The maximum Gasteiger partial charge on any atom is 0.374 e. The number of rotatable bonds is 4. The average molecular weight is 317 g/mol. The molecule has 0 spiro atoms. The molecule has 9 heteroatoms. The number of hydrogen-bond donors (Lipinski definition) is 1. The van der Waals surface area contributed by atoms with E-state index in [4.69, 9.17) is 9.52 Å². The Balaban J connectivity index is 2.25. The highest BCUT2D eigenvalue weighted by Gasteiger charge is 2.42. The molecule has 2 atom stereocenters. The van der Waals surface area contributed by atoms with E-state index in [1.807, 2.05) is 0 Å². The molecular formula is C12H15NO7S. The van der Waals surface area contributed by atoms with Crippen molar-refractivity contribution in [3.8, 4) is 0 Å². The van der Waals surface area contributed by atoms with Crippen molar-refractivity contribution in [2.45, 2.75) is 12.0 Å². The third kappa shape index (κ3) is 2.79. The van der Waals surface area contributed by atoms with Crippen molar-refractivity contribution in [3.05, 3.63) is 17.9 Å². The van der Waals surface area contributed by atoms with E-state index >= 15 is 0 Å². The molecular weight excluding hydrogens is 302 g/mol. The van der Waals surface area contributed by atoms with E-state index in [9.17, 15) is 18.0 Å². The van der Waals surface area contributed by atoms with E-state index in [-0.39, 0.29) is 24.8 Å². The summed E-state index contributed by atoms with van der Waals surface area (Å²) in [5.41, 5.74) is 0. The zero-order chi connectivity index (χ0) is 15.8. The second-order valence-electron chi connectivity index (χ2n) is 4.85. The lowest BCUT2D eigenvalue weighted by atomic mass is 9.99. The summed E-state index contributed by atoms with van der Waals surface area (Å²) in [7, 11) is -2.81. The smallest absolute Gasteiger partial charge is 0.374 e. The second-order valence-corrected chi connectivity index (χ2v) is 6.72. The summed E-state index contributed by atoms with van der Waals surface area (Å²) >= 11 is 0. The SMILES string of the molecule is COC(=O)c1ccc(S(=O)(=O)N2C[C@@H](C)[C@H](C(=O)O)C2)o1. The first-order chi connectivity index (χ1) is 9.77. The van der Waals surface area contributed by atoms with Gasteiger partial charge in [-0.2, -0.15) is 4.31 Å². The van der Waals surface area contributed by atoms with E-state index in [1.165, 1.54) is 6.07 Å². The van der Waals surface area contributed by atoms with Crippen LogP contribution < -0.4 is 0 Å². The number of carbonyl (C=O) groups excluding carboxylic acids is 1. The van der Waals surface area contributed by atoms with Crippen LogP contribution in [0.25, 0.3) is 0 Å². The van der Waals surface area contributed by atoms with Gasteiger partial charge in [0, 0.05) is 13.1 Å². The molecule has 21 heavy (non-hydrogen) atoms. The van der Waals surface area contributed by atoms with Gasteiger partial charge in [0.2, 0.25) is 10.9 Å². The van der Waals surface area contributed by atoms with Gasteiger partial charge in [0.1, 0.15) is 0 Å². The van der Waals surface area contributed by atoms with E-state index in [0.717, 1.165) is 17.5 Å². The predicted molar refractivity (Wildman–Crippen MR) is 69.1 cm³/mol. The lowest BCUT2D eigenvalue weighted by Gasteiger charge is -2.13. The summed E-state index contributed by atoms with van der Waals surface area (Å²) in [5, 5.41) is 8.64. The lowest BCUT2D eigenvalue weighted by molar-refractivity contribution is -0.142. The first-order valence-electron chi connectivity index (χ1n) is 6.18. The number of methoxy groups -OCH3 is 1. The van der Waals surface area contributed by atoms with Crippen molar-refractivity contribution < 1.29 is 32.3 Å². The van der Waals surface area contributed by atoms with Crippen LogP contribution in [0.5, 0.6) is 0 Å². The molecule has 1 aliphatic heterocycles. The summed E-state index contributed by atoms with van der Waals surface area (Å²) in [6.07, 6.45) is 0. The molecule has 0 saturated carbocycles. The Hall–Kier alpha value is -1.87. The number of furan rings is 1. The second kappa shape index (κ2) is 5.49. The van der Waals surface area contributed by atoms with Crippen LogP contribution in [0, 0.1) is 11.8 Å². The minimum Gasteiger partial charge on any atom is -0.481 e. The van der Waals surface area contributed by atoms with Crippen molar-refractivity contribution in [3.63, 3.8) is 0 Å². The highest BCUT2D eigenvalue weighted by molar-refractivity contribution is 7.89. The van der Waals surface area contributed by atoms with Crippen LogP contribution in [-0.2, 0) is 19.6 Å². The van der Waals surface area contributed by atoms with Gasteiger partial charge in [-0.1, -0.05) is 6.92 Å². The zero-order valence-electron chi connectivity index (χ0n) is 11.5. The Morgan fingerprint density at radius 1 is 1.38 bits per heavy atom. The number of hydrogen-bond acceptors (Lipinski definition) is 6. The molecule has 0 bridgehead atoms. The quantitative estimate of drug-likeness (QED) is 0.800. The molecule has 1 aromatic rings. The van der Waals surface area contributed by atoms with Crippen molar-refractivity contribution in [1.29, 1.82) is 0 Å². The summed E-state index contributed by atoms with van der Waals surface area (Å²) in [6.45, 7) is 1.65. The van der Waals surface area contributed by atoms with Crippen molar-refractivity contribution >= 4 is 22.0 Å². The average Bonchev–Trinajstić information content (AvgIpc) is 3.04. The van der Waals surface area contributed by atoms with Crippen molar-refractivity contribution in [2.24, 2.45) is 11.8 Å². The van der Waals surface area contributed by atoms with Crippen molar-refractivity contribution in [2.75, 3.05) is 20.2 Å². The fraction of sp³-hybridized carbons (Fsp3) is 0.500. The van der Waals surface area contributed by atoms with E-state index in [0.29, 0.717) is 0 Å². The number of ether oxygens (including phenoxy) is 1. The summed E-state index contributed by atoms with van der Waals surface area (Å²) < 4.78 is 35.2. The monoisotopic (exact) mass is 317 g/mol. The van der Waals surface area contributed by atoms with E-state index < -0.39 is 33.0 Å². The van der Waals surface area contributed by atoms with E-state index in [1.54, 1.807) is 6.92 Å². The Labute approximate surface area is 121 Å². The molecule has 1 aliphatic rings. The molecule has 1 N–H and O–H groups in total. The summed E-state index contributed by atoms with van der Waals surface area (Å²) in [5.74, 6) is -3.09. The van der Waals surface area contributed by atoms with Gasteiger partial charge in [0.25, 0.3) is 10.0 Å². The Morgan fingerprint density at radius 3 is 2.57 bits per heavy atom. The van der Waals surface area contributed by atoms with Crippen LogP contribution >= 0.6 is 0 Å². The fourth-order valence-corrected chi connectivity index (χ4v) is 3.71. The molecule has 0 aliphatic carbocycles. The van der Waals surface area contributed by atoms with Crippen LogP contribution in [0.2, 0.25) is 0 Å². The van der Waals surface area contributed by atoms with Crippen LogP contribution in [0.4, 0.5) is 0 Å². The van der Waals surface area contributed by atoms with Gasteiger partial charge >= 0.3 is 11.9 Å². The number of nitrogens with zero attached hydrogens (tertiary/aromatic N) is 1. The summed E-state index contributed by atoms with van der Waals surface area (Å²) in [6, 6.07) is 2.35. The van der Waals surface area contributed by atoms with Crippen LogP contribution in [0.15, 0.2) is 21.6 Å². The molecule has 1 aromatic heterocycles. The summed E-state index contributed by atoms with van der Waals surface area (Å²) in [4.78, 5) is 22.3. The van der Waals surface area contributed by atoms with Gasteiger partial charge in [-0.05, 0) is 18.1 Å². The maximum absolute atomic E-state index is 12.4. The maximum atomic E-state index is 12.4. The third-order valence-corrected chi connectivity index (χ3v) is 5.16. The molecule has 116 valence electrons. The first-order valence-corrected chi connectivity index (χ1v) is 7.62. The molecule has 2 heterocycles. The molecule has 1 saturated heterocycles.